The molecule has 1 aromatic carbocycles. The molecule has 0 aromatic heterocycles. The Hall–Kier alpha value is -1.37. The van der Waals surface area contributed by atoms with Gasteiger partial charge in [-0.1, -0.05) is 23.1 Å². The van der Waals surface area contributed by atoms with Crippen molar-refractivity contribution in [3.63, 3.8) is 0 Å². The first-order valence-electron chi connectivity index (χ1n) is 4.34. The molecule has 0 bridgehead atoms. The quantitative estimate of drug-likeness (QED) is 0.771. The highest BCUT2D eigenvalue weighted by Crippen LogP contribution is 2.34. The number of hydrogen-bond acceptors (Lipinski definition) is 2. The van der Waals surface area contributed by atoms with Gasteiger partial charge in [-0.15, -0.1) is 0 Å². The van der Waals surface area contributed by atoms with Gasteiger partial charge in [0.05, 0.1) is 5.69 Å². The summed E-state index contributed by atoms with van der Waals surface area (Å²) in [7, 11) is 0. The van der Waals surface area contributed by atoms with E-state index in [1.807, 2.05) is 0 Å². The highest BCUT2D eigenvalue weighted by Gasteiger charge is 2.31. The van der Waals surface area contributed by atoms with Crippen molar-refractivity contribution in [3.8, 4) is 5.75 Å². The lowest BCUT2D eigenvalue weighted by Gasteiger charge is -2.24. The zero-order valence-electron chi connectivity index (χ0n) is 7.77. The molecule has 1 N–H and O–H groups in total. The molecule has 0 unspecified atom stereocenters. The number of benzene rings is 1. The maximum Gasteiger partial charge on any atom is 0.511 e. The minimum atomic E-state index is -5.21. The normalized spacial score (nSPS) is 15.1. The highest BCUT2D eigenvalue weighted by molar-refractivity contribution is 6.76. The molecular formula is C8H5BClF3NO2-. The molecule has 0 spiro atoms. The van der Waals surface area contributed by atoms with Gasteiger partial charge in [0, 0.05) is 5.02 Å². The van der Waals surface area contributed by atoms with Crippen LogP contribution in [0.1, 0.15) is 0 Å². The topological polar surface area (TPSA) is 38.3 Å². The third kappa shape index (κ3) is 1.82. The van der Waals surface area contributed by atoms with Crippen molar-refractivity contribution in [2.75, 3.05) is 11.9 Å². The van der Waals surface area contributed by atoms with E-state index in [9.17, 15) is 17.7 Å². The van der Waals surface area contributed by atoms with Gasteiger partial charge in [-0.3, -0.25) is 4.79 Å². The number of amides is 1. The van der Waals surface area contributed by atoms with Crippen LogP contribution in [0.5, 0.6) is 5.75 Å². The summed E-state index contributed by atoms with van der Waals surface area (Å²) in [5.41, 5.74) is -1.05. The van der Waals surface area contributed by atoms with Crippen molar-refractivity contribution in [2.24, 2.45) is 0 Å². The second-order valence-corrected chi connectivity index (χ2v) is 3.63. The molecule has 1 heterocycles. The number of halogens is 4. The Morgan fingerprint density at radius 3 is 2.69 bits per heavy atom. The molecule has 0 aliphatic carbocycles. The number of fused-ring (bicyclic) bond motifs is 1. The van der Waals surface area contributed by atoms with E-state index in [0.717, 1.165) is 12.1 Å². The fraction of sp³-hybridized carbons (Fsp3) is 0.125. The van der Waals surface area contributed by atoms with Crippen molar-refractivity contribution in [2.45, 2.75) is 0 Å². The molecule has 8 heteroatoms. The number of rotatable bonds is 1. The van der Waals surface area contributed by atoms with Gasteiger partial charge in [0.2, 0.25) is 0 Å². The average molecular weight is 250 g/mol. The van der Waals surface area contributed by atoms with Gasteiger partial charge >= 0.3 is 6.98 Å². The molecule has 0 radical (unpaired) electrons. The average Bonchev–Trinajstić information content (AvgIpc) is 2.17. The standard InChI is InChI=1S/C8H5BClF3NO2/c10-7-4(9(11,12)13)1-2-5-8(7)14-6(15)3-16-5/h1-2H,3H2,(H,14,15)/q-1. The van der Waals surface area contributed by atoms with Gasteiger partial charge in [0.25, 0.3) is 5.91 Å². The second kappa shape index (κ2) is 3.59. The molecule has 0 saturated carbocycles. The van der Waals surface area contributed by atoms with Gasteiger partial charge in [0.15, 0.2) is 6.61 Å². The fourth-order valence-corrected chi connectivity index (χ4v) is 1.71. The highest BCUT2D eigenvalue weighted by atomic mass is 35.5. The molecule has 3 nitrogen and oxygen atoms in total. The van der Waals surface area contributed by atoms with Crippen molar-refractivity contribution >= 4 is 35.6 Å². The van der Waals surface area contributed by atoms with E-state index in [0.29, 0.717) is 0 Å². The fourth-order valence-electron chi connectivity index (χ4n) is 1.38. The van der Waals surface area contributed by atoms with Gasteiger partial charge in [-0.25, -0.2) is 0 Å². The minimum absolute atomic E-state index is 0.116. The molecule has 0 fully saturated rings. The van der Waals surface area contributed by atoms with Crippen LogP contribution in [0.25, 0.3) is 0 Å². The van der Waals surface area contributed by atoms with E-state index in [2.05, 4.69) is 5.32 Å². The monoisotopic (exact) mass is 250 g/mol. The molecule has 0 saturated heterocycles. The lowest BCUT2D eigenvalue weighted by Crippen LogP contribution is -2.36. The van der Waals surface area contributed by atoms with Crippen molar-refractivity contribution in [1.82, 2.24) is 0 Å². The maximum absolute atomic E-state index is 12.5. The summed E-state index contributed by atoms with van der Waals surface area (Å²) in [6, 6.07) is 1.99. The summed E-state index contributed by atoms with van der Waals surface area (Å²) < 4.78 is 42.5. The lowest BCUT2D eigenvalue weighted by molar-refractivity contribution is -0.118. The second-order valence-electron chi connectivity index (χ2n) is 3.25. The molecule has 2 rings (SSSR count). The Morgan fingerprint density at radius 2 is 2.06 bits per heavy atom. The minimum Gasteiger partial charge on any atom is -0.482 e. The summed E-state index contributed by atoms with van der Waals surface area (Å²) in [6.07, 6.45) is 0. The van der Waals surface area contributed by atoms with E-state index < -0.39 is 23.4 Å². The Kier molecular flexibility index (Phi) is 2.50. The van der Waals surface area contributed by atoms with Crippen LogP contribution in [-0.2, 0) is 4.79 Å². The van der Waals surface area contributed by atoms with Crippen LogP contribution in [0.2, 0.25) is 5.02 Å². The summed E-state index contributed by atoms with van der Waals surface area (Å²) in [6.45, 7) is -5.43. The molecule has 16 heavy (non-hydrogen) atoms. The van der Waals surface area contributed by atoms with Crippen LogP contribution in [0.15, 0.2) is 12.1 Å². The van der Waals surface area contributed by atoms with Crippen molar-refractivity contribution in [3.05, 3.63) is 17.2 Å². The first kappa shape index (κ1) is 11.1. The van der Waals surface area contributed by atoms with E-state index in [1.165, 1.54) is 0 Å². The van der Waals surface area contributed by atoms with Crippen LogP contribution < -0.4 is 15.5 Å². The number of carbonyl (C=O) groups is 1. The number of carbonyl (C=O) groups excluding carboxylic acids is 1. The first-order chi connectivity index (χ1) is 7.39. The lowest BCUT2D eigenvalue weighted by atomic mass is 9.79. The number of ether oxygens (including phenoxy) is 1. The Morgan fingerprint density at radius 1 is 1.38 bits per heavy atom. The Balaban J connectivity index is 2.55. The zero-order chi connectivity index (χ0) is 11.9. The van der Waals surface area contributed by atoms with E-state index in [-0.39, 0.29) is 18.0 Å². The van der Waals surface area contributed by atoms with Crippen LogP contribution in [0.3, 0.4) is 0 Å². The maximum atomic E-state index is 12.5. The molecule has 86 valence electrons. The Bertz CT molecular complexity index is 463. The molecule has 1 aromatic rings. The molecule has 1 aliphatic heterocycles. The number of hydrogen-bond donors (Lipinski definition) is 1. The predicted molar refractivity (Wildman–Crippen MR) is 54.3 cm³/mol. The van der Waals surface area contributed by atoms with Crippen LogP contribution in [0.4, 0.5) is 18.6 Å². The largest absolute Gasteiger partial charge is 0.511 e. The van der Waals surface area contributed by atoms with Gasteiger partial charge < -0.3 is 23.0 Å². The number of nitrogens with one attached hydrogen (secondary N) is 1. The third-order valence-electron chi connectivity index (χ3n) is 2.11. The number of anilines is 1. The van der Waals surface area contributed by atoms with Crippen LogP contribution in [-0.4, -0.2) is 19.5 Å². The van der Waals surface area contributed by atoms with Crippen LogP contribution in [0, 0.1) is 0 Å². The molecule has 1 aliphatic rings. The SMILES string of the molecule is O=C1COc2ccc([B-](F)(F)F)c(Cl)c2N1. The summed E-state index contributed by atoms with van der Waals surface area (Å²) in [5.74, 6) is -0.380. The summed E-state index contributed by atoms with van der Waals surface area (Å²) >= 11 is 5.58. The Labute approximate surface area is 93.6 Å². The predicted octanol–water partition coefficient (Wildman–Crippen LogP) is 1.73. The summed E-state index contributed by atoms with van der Waals surface area (Å²) in [5, 5.41) is 1.73. The van der Waals surface area contributed by atoms with Crippen molar-refractivity contribution in [1.29, 1.82) is 0 Å². The van der Waals surface area contributed by atoms with E-state index in [4.69, 9.17) is 16.3 Å². The van der Waals surface area contributed by atoms with Crippen LogP contribution >= 0.6 is 11.6 Å². The van der Waals surface area contributed by atoms with E-state index in [1.54, 1.807) is 0 Å². The summed E-state index contributed by atoms with van der Waals surface area (Å²) in [4.78, 5) is 11.0. The molecular weight excluding hydrogens is 245 g/mol. The third-order valence-corrected chi connectivity index (χ3v) is 2.52. The van der Waals surface area contributed by atoms with Gasteiger partial charge in [0.1, 0.15) is 5.75 Å². The van der Waals surface area contributed by atoms with Gasteiger partial charge in [-0.05, 0) is 6.07 Å². The van der Waals surface area contributed by atoms with E-state index >= 15 is 0 Å². The first-order valence-corrected chi connectivity index (χ1v) is 4.72. The smallest absolute Gasteiger partial charge is 0.482 e. The molecule has 0 atom stereocenters. The van der Waals surface area contributed by atoms with Gasteiger partial charge in [-0.2, -0.15) is 0 Å². The molecule has 1 amide bonds. The van der Waals surface area contributed by atoms with Crippen molar-refractivity contribution < 1.29 is 22.5 Å². The zero-order valence-corrected chi connectivity index (χ0v) is 8.52.